The topological polar surface area (TPSA) is 41.1 Å². The lowest BCUT2D eigenvalue weighted by molar-refractivity contribution is 0.238. The van der Waals surface area contributed by atoms with Gasteiger partial charge < -0.3 is 10.6 Å². The lowest BCUT2D eigenvalue weighted by Crippen LogP contribution is -2.39. The molecule has 0 saturated heterocycles. The Hall–Kier alpha value is -0.730. The molecule has 0 aromatic carbocycles. The molecule has 0 radical (unpaired) electrons. The first-order valence-corrected chi connectivity index (χ1v) is 5.88. The van der Waals surface area contributed by atoms with E-state index in [0.717, 1.165) is 19.4 Å². The summed E-state index contributed by atoms with van der Waals surface area (Å²) in [6, 6.07) is 0.277. The Balaban J connectivity index is 2.29. The highest BCUT2D eigenvalue weighted by Gasteiger charge is 2.65. The van der Waals surface area contributed by atoms with Crippen LogP contribution in [0.15, 0.2) is 0 Å². The number of hydrogen-bond acceptors (Lipinski definition) is 1. The molecular weight excluding hydrogens is 188 g/mol. The van der Waals surface area contributed by atoms with Gasteiger partial charge >= 0.3 is 6.03 Å². The van der Waals surface area contributed by atoms with Crippen molar-refractivity contribution < 1.29 is 4.79 Å². The minimum absolute atomic E-state index is 0.0212. The molecule has 1 saturated carbocycles. The number of urea groups is 1. The predicted molar refractivity (Wildman–Crippen MR) is 62.8 cm³/mol. The van der Waals surface area contributed by atoms with Gasteiger partial charge in [0.25, 0.3) is 0 Å². The Morgan fingerprint density at radius 2 is 1.73 bits per heavy atom. The standard InChI is InChI=1S/C12H24N2O/c1-6-7-8-13-10(15)14-9-11(2,3)12(9,4)5/h9H,6-8H2,1-5H3,(H2,13,14,15). The van der Waals surface area contributed by atoms with Gasteiger partial charge in [0.05, 0.1) is 0 Å². The van der Waals surface area contributed by atoms with Gasteiger partial charge in [0.15, 0.2) is 0 Å². The second-order valence-electron chi connectivity index (χ2n) is 5.63. The molecule has 1 fully saturated rings. The van der Waals surface area contributed by atoms with Crippen LogP contribution in [0.25, 0.3) is 0 Å². The summed E-state index contributed by atoms with van der Waals surface area (Å²) in [4.78, 5) is 11.5. The van der Waals surface area contributed by atoms with E-state index in [2.05, 4.69) is 45.3 Å². The van der Waals surface area contributed by atoms with Crippen LogP contribution in [0, 0.1) is 10.8 Å². The third-order valence-corrected chi connectivity index (χ3v) is 4.11. The Morgan fingerprint density at radius 1 is 1.20 bits per heavy atom. The molecule has 3 heteroatoms. The minimum atomic E-state index is -0.0212. The highest BCUT2D eigenvalue weighted by molar-refractivity contribution is 5.75. The van der Waals surface area contributed by atoms with E-state index in [1.807, 2.05) is 0 Å². The van der Waals surface area contributed by atoms with Crippen LogP contribution >= 0.6 is 0 Å². The van der Waals surface area contributed by atoms with Gasteiger partial charge in [-0.25, -0.2) is 4.79 Å². The molecule has 1 rings (SSSR count). The molecule has 1 aliphatic carbocycles. The molecule has 2 amide bonds. The minimum Gasteiger partial charge on any atom is -0.338 e. The molecule has 0 unspecified atom stereocenters. The number of hydrogen-bond donors (Lipinski definition) is 2. The molecule has 0 aromatic heterocycles. The van der Waals surface area contributed by atoms with E-state index in [1.165, 1.54) is 0 Å². The summed E-state index contributed by atoms with van der Waals surface area (Å²) in [5, 5.41) is 5.92. The highest BCUT2D eigenvalue weighted by atomic mass is 16.2. The number of amides is 2. The molecule has 0 heterocycles. The maximum absolute atomic E-state index is 11.5. The lowest BCUT2D eigenvalue weighted by Gasteiger charge is -2.08. The van der Waals surface area contributed by atoms with Crippen molar-refractivity contribution in [1.82, 2.24) is 10.6 Å². The fraction of sp³-hybridized carbons (Fsp3) is 0.917. The quantitative estimate of drug-likeness (QED) is 0.691. The summed E-state index contributed by atoms with van der Waals surface area (Å²) >= 11 is 0. The highest BCUT2D eigenvalue weighted by Crippen LogP contribution is 2.62. The van der Waals surface area contributed by atoms with Gasteiger partial charge in [-0.1, -0.05) is 41.0 Å². The van der Waals surface area contributed by atoms with E-state index in [-0.39, 0.29) is 16.9 Å². The zero-order chi connectivity index (χ0) is 11.7. The van der Waals surface area contributed by atoms with Crippen molar-refractivity contribution in [3.8, 4) is 0 Å². The van der Waals surface area contributed by atoms with Gasteiger partial charge in [-0.2, -0.15) is 0 Å². The summed E-state index contributed by atoms with van der Waals surface area (Å²) in [7, 11) is 0. The zero-order valence-electron chi connectivity index (χ0n) is 10.6. The van der Waals surface area contributed by atoms with Gasteiger partial charge in [0.2, 0.25) is 0 Å². The monoisotopic (exact) mass is 212 g/mol. The van der Waals surface area contributed by atoms with E-state index in [9.17, 15) is 4.79 Å². The number of rotatable bonds is 4. The second-order valence-corrected chi connectivity index (χ2v) is 5.63. The van der Waals surface area contributed by atoms with E-state index in [1.54, 1.807) is 0 Å². The first-order chi connectivity index (χ1) is 6.84. The van der Waals surface area contributed by atoms with Gasteiger partial charge in [0.1, 0.15) is 0 Å². The van der Waals surface area contributed by atoms with E-state index >= 15 is 0 Å². The number of carbonyl (C=O) groups is 1. The Kier molecular flexibility index (Phi) is 3.31. The van der Waals surface area contributed by atoms with Crippen molar-refractivity contribution >= 4 is 6.03 Å². The van der Waals surface area contributed by atoms with Crippen LogP contribution < -0.4 is 10.6 Å². The molecule has 0 aliphatic heterocycles. The molecule has 3 nitrogen and oxygen atoms in total. The molecular formula is C12H24N2O. The van der Waals surface area contributed by atoms with Crippen molar-refractivity contribution in [2.45, 2.75) is 53.5 Å². The normalized spacial score (nSPS) is 22.2. The van der Waals surface area contributed by atoms with Crippen molar-refractivity contribution in [2.24, 2.45) is 10.8 Å². The Labute approximate surface area is 93.0 Å². The summed E-state index contributed by atoms with van der Waals surface area (Å²) in [6.07, 6.45) is 2.16. The van der Waals surface area contributed by atoms with Crippen molar-refractivity contribution in [2.75, 3.05) is 6.54 Å². The fourth-order valence-corrected chi connectivity index (χ4v) is 2.12. The average Bonchev–Trinajstić information content (AvgIpc) is 2.49. The van der Waals surface area contributed by atoms with Gasteiger partial charge in [-0.3, -0.25) is 0 Å². The van der Waals surface area contributed by atoms with E-state index in [4.69, 9.17) is 0 Å². The molecule has 15 heavy (non-hydrogen) atoms. The second kappa shape index (κ2) is 4.03. The van der Waals surface area contributed by atoms with Crippen LogP contribution in [0.3, 0.4) is 0 Å². The van der Waals surface area contributed by atoms with E-state index < -0.39 is 0 Å². The Morgan fingerprint density at radius 3 is 2.13 bits per heavy atom. The van der Waals surface area contributed by atoms with Crippen LogP contribution in [-0.2, 0) is 0 Å². The number of carbonyl (C=O) groups excluding carboxylic acids is 1. The van der Waals surface area contributed by atoms with Crippen molar-refractivity contribution in [3.63, 3.8) is 0 Å². The molecule has 2 N–H and O–H groups in total. The summed E-state index contributed by atoms with van der Waals surface area (Å²) in [6.45, 7) is 11.7. The summed E-state index contributed by atoms with van der Waals surface area (Å²) in [5.41, 5.74) is 0.435. The first kappa shape index (κ1) is 12.3. The van der Waals surface area contributed by atoms with Gasteiger partial charge in [0, 0.05) is 12.6 Å². The summed E-state index contributed by atoms with van der Waals surface area (Å²) in [5.74, 6) is 0. The third-order valence-electron chi connectivity index (χ3n) is 4.11. The zero-order valence-corrected chi connectivity index (χ0v) is 10.6. The molecule has 0 bridgehead atoms. The molecule has 88 valence electrons. The predicted octanol–water partition coefficient (Wildman–Crippen LogP) is 2.52. The summed E-state index contributed by atoms with van der Waals surface area (Å²) < 4.78 is 0. The number of nitrogens with one attached hydrogen (secondary N) is 2. The lowest BCUT2D eigenvalue weighted by atomic mass is 10.0. The van der Waals surface area contributed by atoms with Crippen LogP contribution in [0.5, 0.6) is 0 Å². The maximum atomic E-state index is 11.5. The van der Waals surface area contributed by atoms with Crippen LogP contribution in [0.2, 0.25) is 0 Å². The van der Waals surface area contributed by atoms with Gasteiger partial charge in [-0.05, 0) is 17.3 Å². The molecule has 0 aromatic rings. The number of unbranched alkanes of at least 4 members (excludes halogenated alkanes) is 1. The smallest absolute Gasteiger partial charge is 0.315 e. The average molecular weight is 212 g/mol. The molecule has 1 aliphatic rings. The van der Waals surface area contributed by atoms with Crippen molar-refractivity contribution in [1.29, 1.82) is 0 Å². The van der Waals surface area contributed by atoms with Gasteiger partial charge in [-0.15, -0.1) is 0 Å². The van der Waals surface area contributed by atoms with Crippen LogP contribution in [-0.4, -0.2) is 18.6 Å². The fourth-order valence-electron chi connectivity index (χ4n) is 2.12. The van der Waals surface area contributed by atoms with Crippen LogP contribution in [0.4, 0.5) is 4.79 Å². The largest absolute Gasteiger partial charge is 0.338 e. The Bertz CT molecular complexity index is 232. The molecule has 0 atom stereocenters. The maximum Gasteiger partial charge on any atom is 0.315 e. The van der Waals surface area contributed by atoms with Crippen LogP contribution in [0.1, 0.15) is 47.5 Å². The van der Waals surface area contributed by atoms with E-state index in [0.29, 0.717) is 6.04 Å². The first-order valence-electron chi connectivity index (χ1n) is 5.88. The van der Waals surface area contributed by atoms with Crippen molar-refractivity contribution in [3.05, 3.63) is 0 Å². The SMILES string of the molecule is CCCCNC(=O)NC1C(C)(C)C1(C)C. The molecule has 0 spiro atoms. The third kappa shape index (κ3) is 2.27.